The van der Waals surface area contributed by atoms with Crippen LogP contribution in [0.4, 0.5) is 45.5 Å². The van der Waals surface area contributed by atoms with Crippen LogP contribution in [-0.2, 0) is 19.5 Å². The van der Waals surface area contributed by atoms with E-state index in [2.05, 4.69) is 332 Å². The molecule has 0 amide bonds. The van der Waals surface area contributed by atoms with Gasteiger partial charge in [0.15, 0.2) is 0 Å². The molecule has 5 nitrogen and oxygen atoms in total. The third kappa shape index (κ3) is 12.3. The van der Waals surface area contributed by atoms with Crippen molar-refractivity contribution in [2.75, 3.05) is 15.1 Å². The van der Waals surface area contributed by atoms with Gasteiger partial charge >= 0.3 is 0 Å². The van der Waals surface area contributed by atoms with Crippen LogP contribution in [0.1, 0.15) is 25.0 Å². The molecule has 0 bridgehead atoms. The standard InChI is InChI=1S/C38H31N3.C14H11Br2N.C13H8Br2.C12H11N/c1-2-39-35-26-16-15-25-34(35)38-36(39)27-33(40(29-17-7-3-8-18-29)30-19-9-4-10-20-30)28-37(38)41(31-21-11-5-12-22-31)32-23-13-6-14-24-32;1-2-17-12-6-4-3-5-10(12)14-11(16)7-9(15)8-13(14)17;14-10-6-9-5-8-3-1-2-4-11(8)13(9)12(15)7-10;1-3-7-11(8-4-1)13-12-9-5-2-6-10-12/h3-28H,2H2,1H3;3-8H,2H2,1H3;1-4,6-7H,5H2;1-10,13H. The third-order valence-electron chi connectivity index (χ3n) is 15.5. The lowest BCUT2D eigenvalue weighted by atomic mass is 10.1. The second-order valence-electron chi connectivity index (χ2n) is 20.8. The molecule has 0 radical (unpaired) electrons. The van der Waals surface area contributed by atoms with Crippen molar-refractivity contribution >= 4 is 153 Å². The number of hydrogen-bond donors (Lipinski definition) is 1. The van der Waals surface area contributed by atoms with Gasteiger partial charge in [-0.15, -0.1) is 0 Å². The molecule has 86 heavy (non-hydrogen) atoms. The molecule has 2 aromatic heterocycles. The van der Waals surface area contributed by atoms with Crippen molar-refractivity contribution in [3.8, 4) is 11.1 Å². The number of aromatic nitrogens is 2. The van der Waals surface area contributed by atoms with E-state index in [1.54, 1.807) is 0 Å². The van der Waals surface area contributed by atoms with Crippen molar-refractivity contribution in [1.82, 2.24) is 9.13 Å². The van der Waals surface area contributed by atoms with E-state index in [1.807, 2.05) is 60.7 Å². The van der Waals surface area contributed by atoms with Crippen LogP contribution in [0.25, 0.3) is 54.7 Å². The van der Waals surface area contributed by atoms with Gasteiger partial charge in [-0.05, 0) is 164 Å². The van der Waals surface area contributed by atoms with E-state index >= 15 is 0 Å². The Morgan fingerprint density at radius 1 is 0.349 bits per heavy atom. The van der Waals surface area contributed by atoms with Crippen LogP contribution in [0.15, 0.2) is 309 Å². The first kappa shape index (κ1) is 58.0. The number of fused-ring (bicyclic) bond motifs is 9. The van der Waals surface area contributed by atoms with Gasteiger partial charge in [0.1, 0.15) is 0 Å². The summed E-state index contributed by atoms with van der Waals surface area (Å²) in [7, 11) is 0. The number of nitrogens with one attached hydrogen (secondary N) is 1. The maximum absolute atomic E-state index is 3.67. The maximum Gasteiger partial charge on any atom is 0.0582 e. The third-order valence-corrected chi connectivity index (χ3v) is 17.6. The van der Waals surface area contributed by atoms with Crippen molar-refractivity contribution in [2.45, 2.75) is 33.4 Å². The van der Waals surface area contributed by atoms with Crippen LogP contribution >= 0.6 is 63.7 Å². The summed E-state index contributed by atoms with van der Waals surface area (Å²) in [4.78, 5) is 4.75. The molecule has 12 aromatic carbocycles. The molecule has 0 saturated heterocycles. The molecule has 0 aliphatic heterocycles. The average molecular weight is 1380 g/mol. The minimum absolute atomic E-state index is 0.875. The first-order valence-electron chi connectivity index (χ1n) is 28.9. The van der Waals surface area contributed by atoms with Crippen molar-refractivity contribution in [2.24, 2.45) is 0 Å². The Morgan fingerprint density at radius 3 is 1.27 bits per heavy atom. The highest BCUT2D eigenvalue weighted by molar-refractivity contribution is 9.11. The quantitative estimate of drug-likeness (QED) is 0.148. The molecule has 1 aliphatic carbocycles. The molecule has 0 fully saturated rings. The minimum Gasteiger partial charge on any atom is -0.356 e. The topological polar surface area (TPSA) is 28.4 Å². The summed E-state index contributed by atoms with van der Waals surface area (Å²) in [6.07, 6.45) is 1.05. The zero-order valence-corrected chi connectivity index (χ0v) is 54.0. The number of aryl methyl sites for hydroxylation is 2. The molecule has 0 spiro atoms. The number of anilines is 8. The highest BCUT2D eigenvalue weighted by Gasteiger charge is 2.25. The first-order chi connectivity index (χ1) is 42.3. The molecule has 2 heterocycles. The Bertz CT molecular complexity index is 4480. The molecule has 14 aromatic rings. The van der Waals surface area contributed by atoms with Gasteiger partial charge in [-0.3, -0.25) is 0 Å². The monoisotopic (exact) mass is 1370 g/mol. The fourth-order valence-corrected chi connectivity index (χ4v) is 14.7. The zero-order chi connectivity index (χ0) is 58.9. The van der Waals surface area contributed by atoms with Crippen LogP contribution in [0.5, 0.6) is 0 Å². The second kappa shape index (κ2) is 26.9. The van der Waals surface area contributed by atoms with Crippen molar-refractivity contribution in [1.29, 1.82) is 0 Å². The SMILES string of the molecule is Brc1cc(Br)c2c(c1)Cc1ccccc1-2.CCn1c2ccccc2c2c(Br)cc(Br)cc21.CCn1c2ccccc2c2c(N(c3ccccc3)c3ccccc3)cc(N(c3ccccc3)c3ccccc3)cc21.c1ccc(Nc2ccccc2)cc1. The van der Waals surface area contributed by atoms with E-state index in [9.17, 15) is 0 Å². The van der Waals surface area contributed by atoms with Crippen LogP contribution in [0, 0.1) is 0 Å². The van der Waals surface area contributed by atoms with Crippen molar-refractivity contribution in [3.63, 3.8) is 0 Å². The average Bonchev–Trinajstić information content (AvgIpc) is 4.35. The highest BCUT2D eigenvalue weighted by atomic mass is 79.9. The van der Waals surface area contributed by atoms with Gasteiger partial charge in [0.05, 0.1) is 22.4 Å². The Balaban J connectivity index is 0.000000131. The van der Waals surface area contributed by atoms with Crippen molar-refractivity contribution < 1.29 is 0 Å². The number of hydrogen-bond acceptors (Lipinski definition) is 3. The highest BCUT2D eigenvalue weighted by Crippen LogP contribution is 2.48. The van der Waals surface area contributed by atoms with E-state index in [0.29, 0.717) is 0 Å². The maximum atomic E-state index is 3.67. The molecule has 0 unspecified atom stereocenters. The summed E-state index contributed by atoms with van der Waals surface area (Å²) < 4.78 is 9.36. The lowest BCUT2D eigenvalue weighted by Gasteiger charge is -2.30. The molecule has 422 valence electrons. The van der Waals surface area contributed by atoms with Crippen LogP contribution in [0.2, 0.25) is 0 Å². The number of nitrogens with zero attached hydrogens (tertiary/aromatic N) is 4. The summed E-state index contributed by atoms with van der Waals surface area (Å²) in [5.74, 6) is 0. The van der Waals surface area contributed by atoms with Gasteiger partial charge in [0, 0.05) is 97.7 Å². The minimum atomic E-state index is 0.875. The molecular weight excluding hydrogens is 1310 g/mol. The molecule has 0 saturated carbocycles. The van der Waals surface area contributed by atoms with Crippen LogP contribution in [-0.4, -0.2) is 9.13 Å². The predicted octanol–water partition coefficient (Wildman–Crippen LogP) is 24.3. The molecule has 0 atom stereocenters. The zero-order valence-electron chi connectivity index (χ0n) is 47.6. The summed E-state index contributed by atoms with van der Waals surface area (Å²) >= 11 is 14.4. The van der Waals surface area contributed by atoms with Gasteiger partial charge in [-0.2, -0.15) is 0 Å². The van der Waals surface area contributed by atoms with Crippen molar-refractivity contribution in [3.05, 3.63) is 320 Å². The molecule has 15 rings (SSSR count). The smallest absolute Gasteiger partial charge is 0.0582 e. The Morgan fingerprint density at radius 2 is 0.756 bits per heavy atom. The van der Waals surface area contributed by atoms with Gasteiger partial charge < -0.3 is 24.3 Å². The van der Waals surface area contributed by atoms with Crippen LogP contribution < -0.4 is 15.1 Å². The Labute approximate surface area is 537 Å². The summed E-state index contributed by atoms with van der Waals surface area (Å²) in [5.41, 5.74) is 19.6. The lowest BCUT2D eigenvalue weighted by molar-refractivity contribution is 0.827. The van der Waals surface area contributed by atoms with E-state index in [-0.39, 0.29) is 0 Å². The van der Waals surface area contributed by atoms with E-state index in [0.717, 1.165) is 78.4 Å². The molecule has 1 N–H and O–H groups in total. The number of halogens is 4. The largest absolute Gasteiger partial charge is 0.356 e. The summed E-state index contributed by atoms with van der Waals surface area (Å²) in [5, 5.41) is 8.42. The van der Waals surface area contributed by atoms with E-state index in [4.69, 9.17) is 0 Å². The fraction of sp³-hybridized carbons (Fsp3) is 0.0649. The Kier molecular flexibility index (Phi) is 18.1. The van der Waals surface area contributed by atoms with Gasteiger partial charge in [0.25, 0.3) is 0 Å². The van der Waals surface area contributed by atoms with Crippen LogP contribution in [0.3, 0.4) is 0 Å². The lowest BCUT2D eigenvalue weighted by Crippen LogP contribution is -2.14. The van der Waals surface area contributed by atoms with Gasteiger partial charge in [-0.25, -0.2) is 0 Å². The first-order valence-corrected chi connectivity index (χ1v) is 32.1. The Hall–Kier alpha value is -8.44. The number of para-hydroxylation sites is 8. The van der Waals surface area contributed by atoms with Gasteiger partial charge in [-0.1, -0.05) is 234 Å². The van der Waals surface area contributed by atoms with E-state index in [1.165, 1.54) is 70.3 Å². The summed E-state index contributed by atoms with van der Waals surface area (Å²) in [6, 6.07) is 102. The number of rotatable bonds is 10. The number of benzene rings is 12. The van der Waals surface area contributed by atoms with E-state index < -0.39 is 0 Å². The van der Waals surface area contributed by atoms with Gasteiger partial charge in [0.2, 0.25) is 0 Å². The molecule has 9 heteroatoms. The fourth-order valence-electron chi connectivity index (χ4n) is 11.8. The second-order valence-corrected chi connectivity index (χ2v) is 24.3. The predicted molar refractivity (Wildman–Crippen MR) is 381 cm³/mol. The summed E-state index contributed by atoms with van der Waals surface area (Å²) in [6.45, 7) is 6.27. The normalized spacial score (nSPS) is 11.2. The molecular formula is C77H61Br4N5. The molecule has 1 aliphatic rings.